The average molecular weight is 550 g/mol. The van der Waals surface area contributed by atoms with Crippen molar-refractivity contribution in [3.8, 4) is 11.5 Å². The van der Waals surface area contributed by atoms with Gasteiger partial charge in [-0.1, -0.05) is 23.7 Å². The van der Waals surface area contributed by atoms with Gasteiger partial charge in [-0.15, -0.1) is 0 Å². The number of nitrogens with zero attached hydrogens (tertiary/aromatic N) is 2. The smallest absolute Gasteiger partial charge is 0.417 e. The van der Waals surface area contributed by atoms with Gasteiger partial charge in [-0.3, -0.25) is 14.7 Å². The molecular weight excluding hydrogens is 523 g/mol. The van der Waals surface area contributed by atoms with Crippen molar-refractivity contribution in [1.29, 1.82) is 0 Å². The van der Waals surface area contributed by atoms with Gasteiger partial charge < -0.3 is 15.2 Å². The Morgan fingerprint density at radius 2 is 1.76 bits per heavy atom. The Morgan fingerprint density at radius 3 is 2.42 bits per heavy atom. The molecule has 0 aliphatic carbocycles. The standard InChI is InChI=1S/C27H27ClF3N3O4/c1-26(2,3)34(25(36)37)16-19-14-21(11-12-32-19)38-20-6-4-5-17(13-20)7-10-24(35)33-18-8-9-23(28)22(15-18)27(29,30)31/h4-6,8-9,11-15H,7,10,16H2,1-3H3,(H,33,35)(H,36,37). The molecule has 202 valence electrons. The van der Waals surface area contributed by atoms with Crippen LogP contribution in [0.2, 0.25) is 5.02 Å². The number of alkyl halides is 3. The highest BCUT2D eigenvalue weighted by Crippen LogP contribution is 2.36. The van der Waals surface area contributed by atoms with E-state index >= 15 is 0 Å². The van der Waals surface area contributed by atoms with E-state index in [2.05, 4.69) is 10.3 Å². The van der Waals surface area contributed by atoms with Crippen LogP contribution in [0.1, 0.15) is 44.0 Å². The Hall–Kier alpha value is -3.79. The molecule has 0 aliphatic heterocycles. The zero-order valence-electron chi connectivity index (χ0n) is 21.0. The van der Waals surface area contributed by atoms with Crippen molar-refractivity contribution in [1.82, 2.24) is 9.88 Å². The summed E-state index contributed by atoms with van der Waals surface area (Å²) in [6.07, 6.45) is -3.80. The summed E-state index contributed by atoms with van der Waals surface area (Å²) in [5, 5.41) is 11.5. The van der Waals surface area contributed by atoms with Crippen molar-refractivity contribution in [2.24, 2.45) is 0 Å². The first kappa shape index (κ1) is 28.8. The minimum Gasteiger partial charge on any atom is -0.465 e. The first-order valence-electron chi connectivity index (χ1n) is 11.6. The Kier molecular flexibility index (Phi) is 8.88. The van der Waals surface area contributed by atoms with Crippen LogP contribution in [0.15, 0.2) is 60.8 Å². The normalized spacial score (nSPS) is 11.7. The molecule has 0 atom stereocenters. The molecule has 2 aromatic carbocycles. The molecule has 0 saturated heterocycles. The number of rotatable bonds is 8. The number of carbonyl (C=O) groups is 2. The van der Waals surface area contributed by atoms with E-state index in [4.69, 9.17) is 16.3 Å². The van der Waals surface area contributed by atoms with Gasteiger partial charge in [0.1, 0.15) is 11.5 Å². The lowest BCUT2D eigenvalue weighted by molar-refractivity contribution is -0.137. The van der Waals surface area contributed by atoms with Crippen LogP contribution in [0, 0.1) is 0 Å². The topological polar surface area (TPSA) is 91.8 Å². The molecule has 0 fully saturated rings. The number of aromatic nitrogens is 1. The molecule has 1 heterocycles. The van der Waals surface area contributed by atoms with E-state index in [0.29, 0.717) is 23.6 Å². The number of aryl methyl sites for hydroxylation is 1. The number of nitrogens with one attached hydrogen (secondary N) is 1. The van der Waals surface area contributed by atoms with Crippen molar-refractivity contribution < 1.29 is 32.6 Å². The zero-order chi connectivity index (χ0) is 28.1. The summed E-state index contributed by atoms with van der Waals surface area (Å²) in [5.74, 6) is 0.512. The van der Waals surface area contributed by atoms with Gasteiger partial charge in [0.2, 0.25) is 5.91 Å². The number of carbonyl (C=O) groups excluding carboxylic acids is 1. The van der Waals surface area contributed by atoms with Crippen LogP contribution < -0.4 is 10.1 Å². The fourth-order valence-corrected chi connectivity index (χ4v) is 3.79. The summed E-state index contributed by atoms with van der Waals surface area (Å²) in [5.41, 5.74) is -0.327. The second-order valence-corrected chi connectivity index (χ2v) is 9.92. The third kappa shape index (κ3) is 8.11. The predicted octanol–water partition coefficient (Wildman–Crippen LogP) is 7.40. The van der Waals surface area contributed by atoms with E-state index in [1.807, 2.05) is 0 Å². The molecule has 11 heteroatoms. The van der Waals surface area contributed by atoms with Crippen LogP contribution in [-0.2, 0) is 23.9 Å². The molecular formula is C27H27ClF3N3O4. The quantitative estimate of drug-likeness (QED) is 0.305. The van der Waals surface area contributed by atoms with Crippen LogP contribution in [0.25, 0.3) is 0 Å². The molecule has 0 aliphatic rings. The van der Waals surface area contributed by atoms with E-state index in [1.54, 1.807) is 57.2 Å². The summed E-state index contributed by atoms with van der Waals surface area (Å²) in [6, 6.07) is 13.5. The van der Waals surface area contributed by atoms with Gasteiger partial charge in [0.15, 0.2) is 0 Å². The molecule has 7 nitrogen and oxygen atoms in total. The summed E-state index contributed by atoms with van der Waals surface area (Å²) < 4.78 is 45.1. The monoisotopic (exact) mass is 549 g/mol. The lowest BCUT2D eigenvalue weighted by Crippen LogP contribution is -2.44. The number of ether oxygens (including phenoxy) is 1. The van der Waals surface area contributed by atoms with Crippen LogP contribution in [0.3, 0.4) is 0 Å². The van der Waals surface area contributed by atoms with E-state index in [1.165, 1.54) is 17.2 Å². The number of carboxylic acid groups (broad SMARTS) is 1. The van der Waals surface area contributed by atoms with Gasteiger partial charge in [-0.05, 0) is 69.2 Å². The number of benzene rings is 2. The fraction of sp³-hybridized carbons (Fsp3) is 0.296. The maximum absolute atomic E-state index is 13.0. The molecule has 0 unspecified atom stereocenters. The van der Waals surface area contributed by atoms with Crippen molar-refractivity contribution in [3.63, 3.8) is 0 Å². The minimum atomic E-state index is -4.63. The molecule has 0 saturated carbocycles. The Labute approximate surface area is 223 Å². The number of hydrogen-bond donors (Lipinski definition) is 2. The van der Waals surface area contributed by atoms with E-state index in [-0.39, 0.29) is 18.7 Å². The van der Waals surface area contributed by atoms with Crippen LogP contribution in [-0.4, -0.2) is 32.5 Å². The molecule has 0 spiro atoms. The van der Waals surface area contributed by atoms with Crippen molar-refractivity contribution in [3.05, 3.63) is 82.6 Å². The first-order valence-corrected chi connectivity index (χ1v) is 12.0. The number of halogens is 4. The van der Waals surface area contributed by atoms with Crippen LogP contribution in [0.5, 0.6) is 11.5 Å². The van der Waals surface area contributed by atoms with Gasteiger partial charge in [-0.25, -0.2) is 4.79 Å². The molecule has 2 amide bonds. The molecule has 2 N–H and O–H groups in total. The fourth-order valence-electron chi connectivity index (χ4n) is 3.56. The highest BCUT2D eigenvalue weighted by Gasteiger charge is 2.33. The molecule has 0 radical (unpaired) electrons. The Bertz CT molecular complexity index is 1310. The van der Waals surface area contributed by atoms with E-state index in [0.717, 1.165) is 17.7 Å². The predicted molar refractivity (Wildman–Crippen MR) is 137 cm³/mol. The lowest BCUT2D eigenvalue weighted by Gasteiger charge is -2.32. The second kappa shape index (κ2) is 11.7. The van der Waals surface area contributed by atoms with E-state index in [9.17, 15) is 27.9 Å². The number of hydrogen-bond acceptors (Lipinski definition) is 4. The zero-order valence-corrected chi connectivity index (χ0v) is 21.7. The lowest BCUT2D eigenvalue weighted by atomic mass is 10.1. The van der Waals surface area contributed by atoms with Crippen molar-refractivity contribution in [2.45, 2.75) is 51.9 Å². The van der Waals surface area contributed by atoms with Crippen molar-refractivity contribution >= 4 is 29.3 Å². The maximum Gasteiger partial charge on any atom is 0.417 e. The largest absolute Gasteiger partial charge is 0.465 e. The minimum absolute atomic E-state index is 0.00484. The molecule has 1 aromatic heterocycles. The van der Waals surface area contributed by atoms with Gasteiger partial charge in [-0.2, -0.15) is 13.2 Å². The van der Waals surface area contributed by atoms with E-state index < -0.39 is 34.3 Å². The molecule has 0 bridgehead atoms. The Morgan fingerprint density at radius 1 is 1.05 bits per heavy atom. The van der Waals surface area contributed by atoms with Gasteiger partial charge in [0.05, 0.1) is 22.8 Å². The summed E-state index contributed by atoms with van der Waals surface area (Å²) in [6.45, 7) is 5.47. The van der Waals surface area contributed by atoms with Crippen LogP contribution in [0.4, 0.5) is 23.7 Å². The summed E-state index contributed by atoms with van der Waals surface area (Å²) in [7, 11) is 0. The van der Waals surface area contributed by atoms with Gasteiger partial charge in [0, 0.05) is 29.9 Å². The maximum atomic E-state index is 13.0. The summed E-state index contributed by atoms with van der Waals surface area (Å²) in [4.78, 5) is 29.5. The average Bonchev–Trinajstić information content (AvgIpc) is 2.81. The third-order valence-corrected chi connectivity index (χ3v) is 5.81. The van der Waals surface area contributed by atoms with Gasteiger partial charge in [0.25, 0.3) is 0 Å². The third-order valence-electron chi connectivity index (χ3n) is 5.48. The highest BCUT2D eigenvalue weighted by molar-refractivity contribution is 6.31. The number of pyridine rings is 1. The highest BCUT2D eigenvalue weighted by atomic mass is 35.5. The summed E-state index contributed by atoms with van der Waals surface area (Å²) >= 11 is 5.62. The molecule has 38 heavy (non-hydrogen) atoms. The van der Waals surface area contributed by atoms with Crippen molar-refractivity contribution in [2.75, 3.05) is 5.32 Å². The first-order chi connectivity index (χ1) is 17.7. The second-order valence-electron chi connectivity index (χ2n) is 9.51. The SMILES string of the molecule is CC(C)(C)N(Cc1cc(Oc2cccc(CCC(=O)Nc3ccc(Cl)c(C(F)(F)F)c3)c2)ccn1)C(=O)O. The Balaban J connectivity index is 1.62. The van der Waals surface area contributed by atoms with Crippen LogP contribution >= 0.6 is 11.6 Å². The molecule has 3 aromatic rings. The van der Waals surface area contributed by atoms with Gasteiger partial charge >= 0.3 is 12.3 Å². The number of amides is 2. The number of anilines is 1. The molecule has 3 rings (SSSR count).